The van der Waals surface area contributed by atoms with Crippen LogP contribution in [0.3, 0.4) is 0 Å². The number of aromatic nitrogens is 2. The van der Waals surface area contributed by atoms with Crippen molar-refractivity contribution < 1.29 is 4.79 Å². The van der Waals surface area contributed by atoms with E-state index >= 15 is 0 Å². The standard InChI is InChI=1S/C16H17N5O/c1-12-5-3-6-14(9-12)21-15(10-13(2)19-21)18-16(22)20-8-4-7-17-11-20/h3-10H,11H2,1-2H3,(H,18,22). The molecule has 0 spiro atoms. The van der Waals surface area contributed by atoms with E-state index in [9.17, 15) is 4.79 Å². The first kappa shape index (κ1) is 14.1. The Hall–Kier alpha value is -2.89. The van der Waals surface area contributed by atoms with Gasteiger partial charge in [0, 0.05) is 18.5 Å². The van der Waals surface area contributed by atoms with E-state index in [0.717, 1.165) is 16.9 Å². The third kappa shape index (κ3) is 2.90. The topological polar surface area (TPSA) is 62.5 Å². The predicted molar refractivity (Wildman–Crippen MR) is 86.4 cm³/mol. The third-order valence-corrected chi connectivity index (χ3v) is 3.27. The highest BCUT2D eigenvalue weighted by Crippen LogP contribution is 2.18. The van der Waals surface area contributed by atoms with Crippen molar-refractivity contribution in [3.05, 3.63) is 53.9 Å². The molecule has 112 valence electrons. The molecule has 0 bridgehead atoms. The summed E-state index contributed by atoms with van der Waals surface area (Å²) >= 11 is 0. The Morgan fingerprint density at radius 2 is 2.14 bits per heavy atom. The van der Waals surface area contributed by atoms with Gasteiger partial charge in [-0.15, -0.1) is 0 Å². The molecule has 1 aliphatic rings. The molecule has 2 heterocycles. The van der Waals surface area contributed by atoms with Crippen molar-refractivity contribution in [2.24, 2.45) is 4.99 Å². The number of anilines is 1. The lowest BCUT2D eigenvalue weighted by Gasteiger charge is -2.18. The van der Waals surface area contributed by atoms with Crippen LogP contribution in [-0.2, 0) is 0 Å². The maximum Gasteiger partial charge on any atom is 0.328 e. The summed E-state index contributed by atoms with van der Waals surface area (Å²) in [7, 11) is 0. The molecule has 6 heteroatoms. The van der Waals surface area contributed by atoms with Crippen molar-refractivity contribution in [2.75, 3.05) is 12.0 Å². The summed E-state index contributed by atoms with van der Waals surface area (Å²) in [5.74, 6) is 0.635. The highest BCUT2D eigenvalue weighted by Gasteiger charge is 2.15. The summed E-state index contributed by atoms with van der Waals surface area (Å²) in [6, 6.07) is 9.58. The molecule has 2 amide bonds. The van der Waals surface area contributed by atoms with Gasteiger partial charge in [0.05, 0.1) is 11.4 Å². The number of hydrogen-bond acceptors (Lipinski definition) is 3. The highest BCUT2D eigenvalue weighted by molar-refractivity contribution is 5.90. The maximum absolute atomic E-state index is 12.3. The van der Waals surface area contributed by atoms with E-state index < -0.39 is 0 Å². The summed E-state index contributed by atoms with van der Waals surface area (Å²) in [5.41, 5.74) is 2.89. The van der Waals surface area contributed by atoms with E-state index in [1.165, 1.54) is 4.90 Å². The number of hydrogen-bond donors (Lipinski definition) is 1. The van der Waals surface area contributed by atoms with Crippen LogP contribution in [0.5, 0.6) is 0 Å². The summed E-state index contributed by atoms with van der Waals surface area (Å²) < 4.78 is 1.73. The molecule has 22 heavy (non-hydrogen) atoms. The van der Waals surface area contributed by atoms with E-state index in [4.69, 9.17) is 0 Å². The van der Waals surface area contributed by atoms with E-state index in [0.29, 0.717) is 12.5 Å². The number of allylic oxidation sites excluding steroid dienone is 1. The van der Waals surface area contributed by atoms with Crippen LogP contribution < -0.4 is 5.32 Å². The first-order valence-corrected chi connectivity index (χ1v) is 7.01. The van der Waals surface area contributed by atoms with Crippen molar-refractivity contribution in [1.29, 1.82) is 0 Å². The lowest BCUT2D eigenvalue weighted by molar-refractivity contribution is 0.229. The number of carbonyl (C=O) groups is 1. The normalized spacial score (nSPS) is 13.5. The molecule has 0 atom stereocenters. The monoisotopic (exact) mass is 295 g/mol. The van der Waals surface area contributed by atoms with Gasteiger partial charge >= 0.3 is 6.03 Å². The Morgan fingerprint density at radius 1 is 1.27 bits per heavy atom. The van der Waals surface area contributed by atoms with Crippen LogP contribution in [-0.4, -0.2) is 33.6 Å². The number of urea groups is 1. The van der Waals surface area contributed by atoms with Crippen molar-refractivity contribution in [3.8, 4) is 5.69 Å². The zero-order chi connectivity index (χ0) is 15.5. The molecule has 2 aromatic rings. The van der Waals surface area contributed by atoms with Gasteiger partial charge in [-0.05, 0) is 37.6 Å². The molecule has 0 aliphatic carbocycles. The molecule has 3 rings (SSSR count). The van der Waals surface area contributed by atoms with Gasteiger partial charge in [-0.1, -0.05) is 12.1 Å². The van der Waals surface area contributed by atoms with E-state index in [1.807, 2.05) is 44.2 Å². The zero-order valence-corrected chi connectivity index (χ0v) is 12.5. The number of benzene rings is 1. The number of aliphatic imine (C=N–C) groups is 1. The van der Waals surface area contributed by atoms with E-state index in [2.05, 4.69) is 15.4 Å². The van der Waals surface area contributed by atoms with Crippen molar-refractivity contribution in [3.63, 3.8) is 0 Å². The first-order valence-electron chi connectivity index (χ1n) is 7.01. The molecule has 0 radical (unpaired) electrons. The molecule has 1 aromatic carbocycles. The molecular formula is C16H17N5O. The summed E-state index contributed by atoms with van der Waals surface area (Å²) in [6.07, 6.45) is 5.10. The minimum absolute atomic E-state index is 0.234. The number of rotatable bonds is 2. The maximum atomic E-state index is 12.3. The van der Waals surface area contributed by atoms with Gasteiger partial charge in [0.25, 0.3) is 0 Å². The van der Waals surface area contributed by atoms with Crippen LogP contribution in [0.25, 0.3) is 5.69 Å². The lowest BCUT2D eigenvalue weighted by atomic mass is 10.2. The van der Waals surface area contributed by atoms with Crippen molar-refractivity contribution in [1.82, 2.24) is 14.7 Å². The SMILES string of the molecule is Cc1cccc(-n2nc(C)cc2NC(=O)N2C=CC=NC2)c1. The number of aryl methyl sites for hydroxylation is 2. The minimum Gasteiger partial charge on any atom is -0.292 e. The van der Waals surface area contributed by atoms with Gasteiger partial charge in [0.15, 0.2) is 0 Å². The summed E-state index contributed by atoms with van der Waals surface area (Å²) in [5, 5.41) is 7.34. The molecule has 0 unspecified atom stereocenters. The third-order valence-electron chi connectivity index (χ3n) is 3.27. The average Bonchev–Trinajstić information content (AvgIpc) is 2.89. The number of nitrogens with one attached hydrogen (secondary N) is 1. The van der Waals surface area contributed by atoms with E-state index in [-0.39, 0.29) is 6.03 Å². The fraction of sp³-hybridized carbons (Fsp3) is 0.188. The van der Waals surface area contributed by atoms with Gasteiger partial charge in [-0.3, -0.25) is 15.2 Å². The van der Waals surface area contributed by atoms with Crippen LogP contribution in [0.2, 0.25) is 0 Å². The molecule has 0 saturated heterocycles. The highest BCUT2D eigenvalue weighted by atomic mass is 16.2. The largest absolute Gasteiger partial charge is 0.328 e. The van der Waals surface area contributed by atoms with Gasteiger partial charge in [-0.25, -0.2) is 9.48 Å². The molecule has 0 fully saturated rings. The second kappa shape index (κ2) is 5.85. The number of carbonyl (C=O) groups excluding carboxylic acids is 1. The first-order chi connectivity index (χ1) is 10.6. The molecule has 1 N–H and O–H groups in total. The quantitative estimate of drug-likeness (QED) is 0.926. The fourth-order valence-electron chi connectivity index (χ4n) is 2.24. The summed E-state index contributed by atoms with van der Waals surface area (Å²) in [4.78, 5) is 17.8. The van der Waals surface area contributed by atoms with Crippen LogP contribution in [0.1, 0.15) is 11.3 Å². The Morgan fingerprint density at radius 3 is 2.86 bits per heavy atom. The minimum atomic E-state index is -0.234. The zero-order valence-electron chi connectivity index (χ0n) is 12.5. The van der Waals surface area contributed by atoms with Crippen molar-refractivity contribution in [2.45, 2.75) is 13.8 Å². The molecule has 6 nitrogen and oxygen atoms in total. The van der Waals surface area contributed by atoms with Crippen LogP contribution in [0.15, 0.2) is 47.6 Å². The molecule has 0 saturated carbocycles. The second-order valence-corrected chi connectivity index (χ2v) is 5.14. The second-order valence-electron chi connectivity index (χ2n) is 5.14. The van der Waals surface area contributed by atoms with Gasteiger partial charge in [0.1, 0.15) is 12.5 Å². The molecule has 1 aromatic heterocycles. The van der Waals surface area contributed by atoms with Gasteiger partial charge in [0.2, 0.25) is 0 Å². The Bertz CT molecular complexity index is 760. The van der Waals surface area contributed by atoms with Crippen LogP contribution in [0.4, 0.5) is 10.6 Å². The smallest absolute Gasteiger partial charge is 0.292 e. The van der Waals surface area contributed by atoms with E-state index in [1.54, 1.807) is 23.2 Å². The predicted octanol–water partition coefficient (Wildman–Crippen LogP) is 2.88. The molecular weight excluding hydrogens is 278 g/mol. The molecule has 1 aliphatic heterocycles. The average molecular weight is 295 g/mol. The number of nitrogens with zero attached hydrogens (tertiary/aromatic N) is 4. The Balaban J connectivity index is 1.87. The van der Waals surface area contributed by atoms with Crippen molar-refractivity contribution >= 4 is 18.1 Å². The Labute approximate surface area is 128 Å². The lowest BCUT2D eigenvalue weighted by Crippen LogP contribution is -2.32. The van der Waals surface area contributed by atoms with Crippen LogP contribution >= 0.6 is 0 Å². The van der Waals surface area contributed by atoms with Gasteiger partial charge in [-0.2, -0.15) is 5.10 Å². The summed E-state index contributed by atoms with van der Waals surface area (Å²) in [6.45, 7) is 4.24. The Kier molecular flexibility index (Phi) is 3.74. The number of amides is 2. The van der Waals surface area contributed by atoms with Gasteiger partial charge < -0.3 is 0 Å². The van der Waals surface area contributed by atoms with Crippen LogP contribution in [0, 0.1) is 13.8 Å². The fourth-order valence-corrected chi connectivity index (χ4v) is 2.24.